The van der Waals surface area contributed by atoms with Crippen molar-refractivity contribution in [1.29, 1.82) is 0 Å². The van der Waals surface area contributed by atoms with Gasteiger partial charge in [0, 0.05) is 44.5 Å². The van der Waals surface area contributed by atoms with Crippen LogP contribution >= 0.6 is 0 Å². The molecule has 0 bridgehead atoms. The molecular formula is C46H35NO. The van der Waals surface area contributed by atoms with Gasteiger partial charge in [-0.05, 0) is 74.5 Å². The molecule has 1 heterocycles. The lowest BCUT2D eigenvalue weighted by Crippen LogP contribution is -2.17. The summed E-state index contributed by atoms with van der Waals surface area (Å²) in [5, 5.41) is 4.84. The molecule has 10 rings (SSSR count). The van der Waals surface area contributed by atoms with Gasteiger partial charge in [-0.2, -0.15) is 0 Å². The van der Waals surface area contributed by atoms with E-state index in [9.17, 15) is 0 Å². The molecule has 48 heavy (non-hydrogen) atoms. The molecule has 0 spiro atoms. The van der Waals surface area contributed by atoms with Crippen LogP contribution in [0, 0.1) is 0 Å². The molecule has 0 aliphatic heterocycles. The zero-order chi connectivity index (χ0) is 32.4. The quantitative estimate of drug-likeness (QED) is 0.196. The molecule has 0 radical (unpaired) electrons. The van der Waals surface area contributed by atoms with Crippen LogP contribution in [0.2, 0.25) is 0 Å². The molecule has 7 aromatic carbocycles. The van der Waals surface area contributed by atoms with Crippen LogP contribution in [0.25, 0.3) is 55.0 Å². The first-order chi connectivity index (χ1) is 23.3. The summed E-state index contributed by atoms with van der Waals surface area (Å²) >= 11 is 0. The van der Waals surface area contributed by atoms with Crippen LogP contribution in [0.4, 0.5) is 17.1 Å². The first kappa shape index (κ1) is 27.5. The Balaban J connectivity index is 1.35. The number of hydrogen-bond acceptors (Lipinski definition) is 2. The highest BCUT2D eigenvalue weighted by Gasteiger charge is 2.41. The molecule has 8 aromatic rings. The van der Waals surface area contributed by atoms with Crippen molar-refractivity contribution in [2.75, 3.05) is 4.90 Å². The average molecular weight is 618 g/mol. The van der Waals surface area contributed by atoms with Gasteiger partial charge < -0.3 is 9.32 Å². The van der Waals surface area contributed by atoms with Crippen LogP contribution in [0.15, 0.2) is 144 Å². The summed E-state index contributed by atoms with van der Waals surface area (Å²) in [6, 6.07) is 51.3. The maximum Gasteiger partial charge on any atom is 0.137 e. The number of para-hydroxylation sites is 1. The number of nitrogens with zero attached hydrogens (tertiary/aromatic N) is 1. The molecule has 0 N–H and O–H groups in total. The van der Waals surface area contributed by atoms with E-state index in [4.69, 9.17) is 4.42 Å². The number of furan rings is 1. The first-order valence-corrected chi connectivity index (χ1v) is 16.9. The second kappa shape index (κ2) is 9.49. The Labute approximate surface area is 280 Å². The van der Waals surface area contributed by atoms with E-state index < -0.39 is 0 Å². The number of fused-ring (bicyclic) bond motifs is 11. The van der Waals surface area contributed by atoms with Crippen molar-refractivity contribution in [3.8, 4) is 22.3 Å². The SMILES string of the molecule is CC1(C)c2ccccc2-c2c(N(c3ccc4c(c3)oc3ccccc34)c3cc4ccccc4c4c3-c3ccccc3C4(C)C)cccc21. The van der Waals surface area contributed by atoms with Crippen molar-refractivity contribution >= 4 is 49.8 Å². The second-order valence-corrected chi connectivity index (χ2v) is 14.5. The van der Waals surface area contributed by atoms with Gasteiger partial charge >= 0.3 is 0 Å². The van der Waals surface area contributed by atoms with E-state index in [1.165, 1.54) is 66.7 Å². The van der Waals surface area contributed by atoms with Gasteiger partial charge in [0.2, 0.25) is 0 Å². The highest BCUT2D eigenvalue weighted by Crippen LogP contribution is 2.59. The lowest BCUT2D eigenvalue weighted by atomic mass is 9.80. The largest absolute Gasteiger partial charge is 0.456 e. The number of anilines is 3. The predicted molar refractivity (Wildman–Crippen MR) is 201 cm³/mol. The monoisotopic (exact) mass is 617 g/mol. The Bertz CT molecular complexity index is 2630. The van der Waals surface area contributed by atoms with Crippen LogP contribution in [0.3, 0.4) is 0 Å². The van der Waals surface area contributed by atoms with Gasteiger partial charge in [-0.25, -0.2) is 0 Å². The van der Waals surface area contributed by atoms with Crippen LogP contribution in [-0.4, -0.2) is 0 Å². The summed E-state index contributed by atoms with van der Waals surface area (Å²) in [4.78, 5) is 2.52. The topological polar surface area (TPSA) is 16.4 Å². The molecule has 0 saturated heterocycles. The van der Waals surface area contributed by atoms with Gasteiger partial charge in [-0.1, -0.05) is 131 Å². The van der Waals surface area contributed by atoms with Gasteiger partial charge in [0.05, 0.1) is 11.4 Å². The van der Waals surface area contributed by atoms with Gasteiger partial charge in [-0.3, -0.25) is 0 Å². The van der Waals surface area contributed by atoms with Gasteiger partial charge in [0.15, 0.2) is 0 Å². The van der Waals surface area contributed by atoms with Gasteiger partial charge in [0.1, 0.15) is 11.2 Å². The van der Waals surface area contributed by atoms with E-state index in [-0.39, 0.29) is 10.8 Å². The molecule has 2 nitrogen and oxygen atoms in total. The van der Waals surface area contributed by atoms with Crippen molar-refractivity contribution < 1.29 is 4.42 Å². The zero-order valence-electron chi connectivity index (χ0n) is 27.6. The van der Waals surface area contributed by atoms with E-state index in [0.29, 0.717) is 0 Å². The maximum absolute atomic E-state index is 6.52. The van der Waals surface area contributed by atoms with E-state index in [1.54, 1.807) is 0 Å². The summed E-state index contributed by atoms with van der Waals surface area (Å²) in [6.45, 7) is 9.49. The van der Waals surface area contributed by atoms with E-state index in [2.05, 4.69) is 166 Å². The van der Waals surface area contributed by atoms with E-state index >= 15 is 0 Å². The highest BCUT2D eigenvalue weighted by atomic mass is 16.3. The molecule has 2 heteroatoms. The molecule has 230 valence electrons. The number of hydrogen-bond donors (Lipinski definition) is 0. The molecule has 0 atom stereocenters. The summed E-state index contributed by atoms with van der Waals surface area (Å²) in [7, 11) is 0. The minimum atomic E-state index is -0.164. The molecule has 2 aliphatic carbocycles. The Morgan fingerprint density at radius 1 is 0.458 bits per heavy atom. The van der Waals surface area contributed by atoms with E-state index in [1.807, 2.05) is 6.07 Å². The Morgan fingerprint density at radius 2 is 1.08 bits per heavy atom. The van der Waals surface area contributed by atoms with Gasteiger partial charge in [-0.15, -0.1) is 0 Å². The first-order valence-electron chi connectivity index (χ1n) is 16.9. The smallest absolute Gasteiger partial charge is 0.137 e. The normalized spacial score (nSPS) is 15.0. The fourth-order valence-corrected chi connectivity index (χ4v) is 8.99. The second-order valence-electron chi connectivity index (χ2n) is 14.5. The molecule has 0 amide bonds. The molecule has 0 fully saturated rings. The lowest BCUT2D eigenvalue weighted by molar-refractivity contribution is 0.660. The standard InChI is InChI=1S/C46H35NO/c1-45(2)35-19-10-7-17-33(35)42-37(45)21-13-22-38(42)47(29-24-25-32-31-16-9-12-23-40(31)48-41(32)27-29)39-26-28-14-5-6-15-30(28)44-43(39)34-18-8-11-20-36(34)46(44,3)4/h5-27H,1-4H3. The van der Waals surface area contributed by atoms with Crippen LogP contribution in [0.1, 0.15) is 49.9 Å². The average Bonchev–Trinajstić information content (AvgIpc) is 3.68. The third-order valence-electron chi connectivity index (χ3n) is 11.2. The van der Waals surface area contributed by atoms with Crippen molar-refractivity contribution in [1.82, 2.24) is 0 Å². The summed E-state index contributed by atoms with van der Waals surface area (Å²) < 4.78 is 6.52. The fraction of sp³-hybridized carbons (Fsp3) is 0.130. The highest BCUT2D eigenvalue weighted by molar-refractivity contribution is 6.10. The third kappa shape index (κ3) is 3.52. The minimum absolute atomic E-state index is 0.115. The molecule has 2 aliphatic rings. The Kier molecular flexibility index (Phi) is 5.44. The number of benzene rings is 7. The van der Waals surface area contributed by atoms with E-state index in [0.717, 1.165) is 27.6 Å². The molecule has 0 saturated carbocycles. The number of rotatable bonds is 3. The fourth-order valence-electron chi connectivity index (χ4n) is 8.99. The summed E-state index contributed by atoms with van der Waals surface area (Å²) in [5.41, 5.74) is 15.7. The molecular weight excluding hydrogens is 583 g/mol. The Morgan fingerprint density at radius 3 is 1.90 bits per heavy atom. The van der Waals surface area contributed by atoms with Crippen LogP contribution in [-0.2, 0) is 10.8 Å². The maximum atomic E-state index is 6.52. The van der Waals surface area contributed by atoms with Crippen molar-refractivity contribution in [3.63, 3.8) is 0 Å². The van der Waals surface area contributed by atoms with Crippen molar-refractivity contribution in [2.45, 2.75) is 38.5 Å². The van der Waals surface area contributed by atoms with Crippen LogP contribution in [0.5, 0.6) is 0 Å². The van der Waals surface area contributed by atoms with Gasteiger partial charge in [0.25, 0.3) is 0 Å². The molecule has 0 unspecified atom stereocenters. The summed E-state index contributed by atoms with van der Waals surface area (Å²) in [5.74, 6) is 0. The Hall–Kier alpha value is -5.60. The van der Waals surface area contributed by atoms with Crippen molar-refractivity contribution in [2.24, 2.45) is 0 Å². The third-order valence-corrected chi connectivity index (χ3v) is 11.2. The predicted octanol–water partition coefficient (Wildman–Crippen LogP) is 12.8. The lowest BCUT2D eigenvalue weighted by Gasteiger charge is -2.32. The summed E-state index contributed by atoms with van der Waals surface area (Å²) in [6.07, 6.45) is 0. The minimum Gasteiger partial charge on any atom is -0.456 e. The van der Waals surface area contributed by atoms with Crippen LogP contribution < -0.4 is 4.90 Å². The van der Waals surface area contributed by atoms with Crippen molar-refractivity contribution in [3.05, 3.63) is 162 Å². The molecule has 1 aromatic heterocycles. The zero-order valence-corrected chi connectivity index (χ0v) is 27.6.